The maximum atomic E-state index is 2.24. The fourth-order valence-corrected chi connectivity index (χ4v) is 1.52. The second-order valence-corrected chi connectivity index (χ2v) is 2.89. The zero-order valence-corrected chi connectivity index (χ0v) is 7.43. The Morgan fingerprint density at radius 3 is 2.45 bits per heavy atom. The van der Waals surface area contributed by atoms with Crippen molar-refractivity contribution in [1.29, 1.82) is 0 Å². The second-order valence-electron chi connectivity index (χ2n) is 2.89. The van der Waals surface area contributed by atoms with E-state index < -0.39 is 0 Å². The zero-order chi connectivity index (χ0) is 8.10. The molecule has 11 heavy (non-hydrogen) atoms. The van der Waals surface area contributed by atoms with Crippen molar-refractivity contribution in [3.8, 4) is 0 Å². The van der Waals surface area contributed by atoms with E-state index in [2.05, 4.69) is 38.2 Å². The number of hydrogen-bond acceptors (Lipinski definition) is 0. The van der Waals surface area contributed by atoms with Gasteiger partial charge >= 0.3 is 0 Å². The van der Waals surface area contributed by atoms with Crippen LogP contribution in [0.2, 0.25) is 0 Å². The topological polar surface area (TPSA) is 0 Å². The SMILES string of the molecule is C\C=C/C=C1/CCC/C1=C/C. The molecule has 1 aliphatic carbocycles. The summed E-state index contributed by atoms with van der Waals surface area (Å²) in [6, 6.07) is 0. The van der Waals surface area contributed by atoms with Gasteiger partial charge in [0.1, 0.15) is 0 Å². The van der Waals surface area contributed by atoms with Crippen LogP contribution < -0.4 is 0 Å². The summed E-state index contributed by atoms with van der Waals surface area (Å²) in [5.41, 5.74) is 3.08. The van der Waals surface area contributed by atoms with Crippen molar-refractivity contribution >= 4 is 0 Å². The molecule has 0 nitrogen and oxygen atoms in total. The van der Waals surface area contributed by atoms with Crippen LogP contribution in [0.15, 0.2) is 35.5 Å². The minimum atomic E-state index is 1.27. The molecule has 1 fully saturated rings. The van der Waals surface area contributed by atoms with E-state index in [1.807, 2.05) is 0 Å². The van der Waals surface area contributed by atoms with Gasteiger partial charge < -0.3 is 0 Å². The summed E-state index contributed by atoms with van der Waals surface area (Å²) in [6.45, 7) is 4.19. The summed E-state index contributed by atoms with van der Waals surface area (Å²) in [5.74, 6) is 0. The van der Waals surface area contributed by atoms with Crippen LogP contribution in [-0.4, -0.2) is 0 Å². The van der Waals surface area contributed by atoms with E-state index in [9.17, 15) is 0 Å². The van der Waals surface area contributed by atoms with Gasteiger partial charge in [-0.15, -0.1) is 0 Å². The minimum Gasteiger partial charge on any atom is -0.0877 e. The van der Waals surface area contributed by atoms with Crippen molar-refractivity contribution in [3.05, 3.63) is 35.5 Å². The fourth-order valence-electron chi connectivity index (χ4n) is 1.52. The molecule has 60 valence electrons. The standard InChI is InChI=1S/C11H16/c1-3-5-7-11-9-6-8-10(11)4-2/h3-5,7H,6,8-9H2,1-2H3/b5-3-,10-4-,11-7-. The van der Waals surface area contributed by atoms with Crippen LogP contribution in [0.25, 0.3) is 0 Å². The highest BCUT2D eigenvalue weighted by molar-refractivity contribution is 5.36. The third-order valence-corrected chi connectivity index (χ3v) is 2.14. The summed E-state index contributed by atoms with van der Waals surface area (Å²) >= 11 is 0. The van der Waals surface area contributed by atoms with Gasteiger partial charge in [-0.2, -0.15) is 0 Å². The molecule has 0 bridgehead atoms. The van der Waals surface area contributed by atoms with E-state index in [0.29, 0.717) is 0 Å². The molecule has 0 unspecified atom stereocenters. The van der Waals surface area contributed by atoms with Crippen molar-refractivity contribution in [2.24, 2.45) is 0 Å². The molecule has 1 saturated carbocycles. The smallest absolute Gasteiger partial charge is 0.0273 e. The van der Waals surface area contributed by atoms with E-state index in [4.69, 9.17) is 0 Å². The molecule has 0 saturated heterocycles. The molecule has 0 amide bonds. The highest BCUT2D eigenvalue weighted by atomic mass is 14.2. The first-order chi connectivity index (χ1) is 5.38. The van der Waals surface area contributed by atoms with Crippen molar-refractivity contribution in [1.82, 2.24) is 0 Å². The Morgan fingerprint density at radius 2 is 1.82 bits per heavy atom. The largest absolute Gasteiger partial charge is 0.0877 e. The van der Waals surface area contributed by atoms with Gasteiger partial charge in [0.25, 0.3) is 0 Å². The van der Waals surface area contributed by atoms with Crippen molar-refractivity contribution in [2.75, 3.05) is 0 Å². The fraction of sp³-hybridized carbons (Fsp3) is 0.455. The Balaban J connectivity index is 2.71. The molecular formula is C11H16. The Hall–Kier alpha value is -0.780. The predicted octanol–water partition coefficient (Wildman–Crippen LogP) is 3.62. The average molecular weight is 148 g/mol. The van der Waals surface area contributed by atoms with Crippen LogP contribution in [0.4, 0.5) is 0 Å². The van der Waals surface area contributed by atoms with Gasteiger partial charge in [0, 0.05) is 0 Å². The number of allylic oxidation sites excluding steroid dienone is 6. The van der Waals surface area contributed by atoms with Crippen LogP contribution in [0.5, 0.6) is 0 Å². The third-order valence-electron chi connectivity index (χ3n) is 2.14. The van der Waals surface area contributed by atoms with Gasteiger partial charge in [-0.1, -0.05) is 24.3 Å². The molecule has 0 heterocycles. The van der Waals surface area contributed by atoms with Gasteiger partial charge in [-0.3, -0.25) is 0 Å². The minimum absolute atomic E-state index is 1.27. The summed E-state index contributed by atoms with van der Waals surface area (Å²) in [7, 11) is 0. The van der Waals surface area contributed by atoms with Crippen molar-refractivity contribution in [2.45, 2.75) is 33.1 Å². The number of hydrogen-bond donors (Lipinski definition) is 0. The lowest BCUT2D eigenvalue weighted by Crippen LogP contribution is -1.75. The lowest BCUT2D eigenvalue weighted by Gasteiger charge is -1.95. The molecule has 0 N–H and O–H groups in total. The molecule has 0 aromatic rings. The summed E-state index contributed by atoms with van der Waals surface area (Å²) in [6.07, 6.45) is 12.6. The maximum Gasteiger partial charge on any atom is -0.0273 e. The molecule has 0 atom stereocenters. The molecule has 0 heteroatoms. The summed E-state index contributed by atoms with van der Waals surface area (Å²) in [4.78, 5) is 0. The van der Waals surface area contributed by atoms with E-state index >= 15 is 0 Å². The van der Waals surface area contributed by atoms with Gasteiger partial charge in [0.05, 0.1) is 0 Å². The summed E-state index contributed by atoms with van der Waals surface area (Å²) < 4.78 is 0. The molecular weight excluding hydrogens is 132 g/mol. The maximum absolute atomic E-state index is 2.24. The Bertz CT molecular complexity index is 204. The molecule has 0 spiro atoms. The first-order valence-electron chi connectivity index (χ1n) is 4.36. The summed E-state index contributed by atoms with van der Waals surface area (Å²) in [5, 5.41) is 0. The van der Waals surface area contributed by atoms with Gasteiger partial charge in [-0.25, -0.2) is 0 Å². The average Bonchev–Trinajstić information content (AvgIpc) is 2.47. The van der Waals surface area contributed by atoms with E-state index in [1.165, 1.54) is 24.8 Å². The zero-order valence-electron chi connectivity index (χ0n) is 7.43. The molecule has 0 aromatic heterocycles. The van der Waals surface area contributed by atoms with Crippen molar-refractivity contribution in [3.63, 3.8) is 0 Å². The highest BCUT2D eigenvalue weighted by Gasteiger charge is 2.10. The normalized spacial score (nSPS) is 26.0. The van der Waals surface area contributed by atoms with Crippen LogP contribution in [-0.2, 0) is 0 Å². The van der Waals surface area contributed by atoms with Gasteiger partial charge in [0.2, 0.25) is 0 Å². The molecule has 0 aromatic carbocycles. The van der Waals surface area contributed by atoms with Crippen LogP contribution in [0.1, 0.15) is 33.1 Å². The van der Waals surface area contributed by atoms with Crippen LogP contribution in [0, 0.1) is 0 Å². The van der Waals surface area contributed by atoms with Crippen molar-refractivity contribution < 1.29 is 0 Å². The van der Waals surface area contributed by atoms with Crippen LogP contribution in [0.3, 0.4) is 0 Å². The number of rotatable bonds is 1. The molecule has 1 aliphatic rings. The van der Waals surface area contributed by atoms with Crippen LogP contribution >= 0.6 is 0 Å². The first kappa shape index (κ1) is 8.32. The monoisotopic (exact) mass is 148 g/mol. The van der Waals surface area contributed by atoms with Gasteiger partial charge in [0.15, 0.2) is 0 Å². The quantitative estimate of drug-likeness (QED) is 0.532. The third kappa shape index (κ3) is 2.07. The first-order valence-corrected chi connectivity index (χ1v) is 4.36. The molecule has 1 rings (SSSR count). The second kappa shape index (κ2) is 4.17. The van der Waals surface area contributed by atoms with E-state index in [0.717, 1.165) is 0 Å². The molecule has 0 aliphatic heterocycles. The Kier molecular flexibility index (Phi) is 3.15. The molecule has 0 radical (unpaired) electrons. The lowest BCUT2D eigenvalue weighted by atomic mass is 10.1. The van der Waals surface area contributed by atoms with E-state index in [-0.39, 0.29) is 0 Å². The predicted molar refractivity (Wildman–Crippen MR) is 50.5 cm³/mol. The Labute approximate surface area is 69.3 Å². The van der Waals surface area contributed by atoms with Gasteiger partial charge in [-0.05, 0) is 44.3 Å². The highest BCUT2D eigenvalue weighted by Crippen LogP contribution is 2.29. The lowest BCUT2D eigenvalue weighted by molar-refractivity contribution is 0.932. The van der Waals surface area contributed by atoms with E-state index in [1.54, 1.807) is 5.57 Å². The Morgan fingerprint density at radius 1 is 1.09 bits per heavy atom.